The zero-order valence-corrected chi connectivity index (χ0v) is 18.1. The fourth-order valence-electron chi connectivity index (χ4n) is 3.23. The third kappa shape index (κ3) is 5.03. The van der Waals surface area contributed by atoms with Crippen LogP contribution in [0.5, 0.6) is 0 Å². The molecular formula is C22H22N6O3S. The number of nitrogens with one attached hydrogen (secondary N) is 2. The van der Waals surface area contributed by atoms with Gasteiger partial charge in [-0.05, 0) is 42.0 Å². The van der Waals surface area contributed by atoms with E-state index in [4.69, 9.17) is 5.73 Å². The Hall–Kier alpha value is -3.92. The molecule has 0 radical (unpaired) electrons. The number of carbonyl (C=O) groups excluding carboxylic acids is 1. The Bertz CT molecular complexity index is 1380. The molecule has 0 bridgehead atoms. The molecule has 0 spiro atoms. The molecule has 32 heavy (non-hydrogen) atoms. The van der Waals surface area contributed by atoms with E-state index < -0.39 is 15.7 Å². The summed E-state index contributed by atoms with van der Waals surface area (Å²) in [7, 11) is -3.15. The van der Waals surface area contributed by atoms with E-state index in [1.54, 1.807) is 30.5 Å². The lowest BCUT2D eigenvalue weighted by molar-refractivity contribution is 0.100. The molecule has 0 unspecified atom stereocenters. The maximum atomic E-state index is 11.5. The van der Waals surface area contributed by atoms with Crippen molar-refractivity contribution in [3.05, 3.63) is 78.1 Å². The van der Waals surface area contributed by atoms with Gasteiger partial charge in [0.25, 0.3) is 0 Å². The lowest BCUT2D eigenvalue weighted by Gasteiger charge is -2.13. The summed E-state index contributed by atoms with van der Waals surface area (Å²) in [5, 5.41) is 6.99. The highest BCUT2D eigenvalue weighted by molar-refractivity contribution is 7.90. The van der Waals surface area contributed by atoms with Crippen molar-refractivity contribution in [1.82, 2.24) is 14.5 Å². The van der Waals surface area contributed by atoms with Gasteiger partial charge in [-0.15, -0.1) is 0 Å². The van der Waals surface area contributed by atoms with Crippen LogP contribution >= 0.6 is 0 Å². The second-order valence-corrected chi connectivity index (χ2v) is 9.53. The first-order valence-corrected chi connectivity index (χ1v) is 11.8. The van der Waals surface area contributed by atoms with E-state index in [1.807, 2.05) is 41.1 Å². The van der Waals surface area contributed by atoms with Gasteiger partial charge in [-0.1, -0.05) is 18.2 Å². The van der Waals surface area contributed by atoms with E-state index in [2.05, 4.69) is 20.6 Å². The largest absolute Gasteiger partial charge is 0.371 e. The number of hydrogen-bond donors (Lipinski definition) is 3. The molecule has 2 aromatic heterocycles. The summed E-state index contributed by atoms with van der Waals surface area (Å²) in [6.45, 7) is 0.500. The minimum atomic E-state index is -3.15. The lowest BCUT2D eigenvalue weighted by Crippen LogP contribution is -2.14. The molecule has 9 nitrogen and oxygen atoms in total. The molecule has 4 rings (SSSR count). The highest BCUT2D eigenvalue weighted by atomic mass is 32.2. The van der Waals surface area contributed by atoms with Crippen LogP contribution < -0.4 is 16.4 Å². The Morgan fingerprint density at radius 2 is 1.84 bits per heavy atom. The number of aromatic nitrogens is 3. The molecule has 0 atom stereocenters. The zero-order chi connectivity index (χ0) is 22.7. The number of nitrogens with zero attached hydrogens (tertiary/aromatic N) is 3. The molecule has 2 aromatic carbocycles. The zero-order valence-electron chi connectivity index (χ0n) is 17.3. The van der Waals surface area contributed by atoms with Crippen LogP contribution in [0.25, 0.3) is 11.0 Å². The summed E-state index contributed by atoms with van der Waals surface area (Å²) in [6.07, 6.45) is 4.83. The first-order valence-electron chi connectivity index (χ1n) is 9.77. The minimum absolute atomic E-state index is 0.138. The van der Waals surface area contributed by atoms with Crippen LogP contribution in [0.4, 0.5) is 17.3 Å². The Balaban J connectivity index is 1.58. The van der Waals surface area contributed by atoms with Crippen LogP contribution in [0.2, 0.25) is 0 Å². The van der Waals surface area contributed by atoms with Crippen LogP contribution in [-0.4, -0.2) is 41.0 Å². The van der Waals surface area contributed by atoms with Crippen molar-refractivity contribution in [1.29, 1.82) is 0 Å². The van der Waals surface area contributed by atoms with Crippen molar-refractivity contribution in [2.45, 2.75) is 6.54 Å². The fraction of sp³-hybridized carbons (Fsp3) is 0.136. The number of hydrogen-bond acceptors (Lipinski definition) is 7. The molecule has 2 heterocycles. The molecule has 10 heteroatoms. The van der Waals surface area contributed by atoms with E-state index >= 15 is 0 Å². The van der Waals surface area contributed by atoms with Crippen molar-refractivity contribution in [3.63, 3.8) is 0 Å². The van der Waals surface area contributed by atoms with Crippen LogP contribution in [0.15, 0.2) is 67.0 Å². The van der Waals surface area contributed by atoms with Gasteiger partial charge in [0.15, 0.2) is 9.84 Å². The SMILES string of the molecule is CS(=O)(=O)CNc1ccccc1Cn1ccc2cnc(Nc3ccc(C(N)=O)cc3)nc21. The summed E-state index contributed by atoms with van der Waals surface area (Å²) in [5.74, 6) is -0.215. The Kier molecular flexibility index (Phi) is 5.78. The molecule has 0 aliphatic heterocycles. The number of amides is 1. The van der Waals surface area contributed by atoms with Crippen molar-refractivity contribution in [2.24, 2.45) is 5.73 Å². The summed E-state index contributed by atoms with van der Waals surface area (Å²) in [4.78, 5) is 20.2. The first-order chi connectivity index (χ1) is 15.3. The topological polar surface area (TPSA) is 132 Å². The Labute approximate surface area is 185 Å². The average Bonchev–Trinajstić information content (AvgIpc) is 3.15. The molecule has 0 saturated carbocycles. The van der Waals surface area contributed by atoms with E-state index in [0.29, 0.717) is 18.1 Å². The monoisotopic (exact) mass is 450 g/mol. The maximum absolute atomic E-state index is 11.5. The molecule has 4 N–H and O–H groups in total. The number of sulfone groups is 1. The Morgan fingerprint density at radius 1 is 1.09 bits per heavy atom. The van der Waals surface area contributed by atoms with Crippen LogP contribution in [0, 0.1) is 0 Å². The smallest absolute Gasteiger partial charge is 0.248 e. The summed E-state index contributed by atoms with van der Waals surface area (Å²) in [5.41, 5.74) is 8.84. The predicted molar refractivity (Wildman–Crippen MR) is 125 cm³/mol. The van der Waals surface area contributed by atoms with E-state index in [1.165, 1.54) is 6.26 Å². The highest BCUT2D eigenvalue weighted by Gasteiger charge is 2.10. The van der Waals surface area contributed by atoms with E-state index in [0.717, 1.165) is 28.0 Å². The molecule has 0 aliphatic carbocycles. The minimum Gasteiger partial charge on any atom is -0.371 e. The first kappa shape index (κ1) is 21.3. The average molecular weight is 451 g/mol. The highest BCUT2D eigenvalue weighted by Crippen LogP contribution is 2.22. The second kappa shape index (κ2) is 8.67. The van der Waals surface area contributed by atoms with Gasteiger partial charge in [-0.3, -0.25) is 4.79 Å². The van der Waals surface area contributed by atoms with E-state index in [9.17, 15) is 13.2 Å². The van der Waals surface area contributed by atoms with Crippen LogP contribution in [0.3, 0.4) is 0 Å². The quantitative estimate of drug-likeness (QED) is 0.376. The second-order valence-electron chi connectivity index (χ2n) is 7.39. The van der Waals surface area contributed by atoms with Gasteiger partial charge < -0.3 is 20.9 Å². The van der Waals surface area contributed by atoms with Crippen LogP contribution in [0.1, 0.15) is 15.9 Å². The van der Waals surface area contributed by atoms with Gasteiger partial charge in [0.2, 0.25) is 11.9 Å². The standard InChI is InChI=1S/C22H22N6O3S/c1-32(30,31)14-25-19-5-3-2-4-17(19)13-28-11-10-16-12-24-22(27-21(16)28)26-18-8-6-15(7-9-18)20(23)29/h2-12,25H,13-14H2,1H3,(H2,23,29)(H,24,26,27). The van der Waals surface area contributed by atoms with E-state index in [-0.39, 0.29) is 5.88 Å². The van der Waals surface area contributed by atoms with Gasteiger partial charge in [0, 0.05) is 41.0 Å². The molecule has 164 valence electrons. The number of primary amides is 1. The number of fused-ring (bicyclic) bond motifs is 1. The van der Waals surface area contributed by atoms with Gasteiger partial charge >= 0.3 is 0 Å². The molecule has 0 saturated heterocycles. The lowest BCUT2D eigenvalue weighted by atomic mass is 10.2. The summed E-state index contributed by atoms with van der Waals surface area (Å²) >= 11 is 0. The Morgan fingerprint density at radius 3 is 2.56 bits per heavy atom. The number of anilines is 3. The molecule has 0 aliphatic rings. The molecule has 0 fully saturated rings. The third-order valence-corrected chi connectivity index (χ3v) is 5.48. The van der Waals surface area contributed by atoms with Crippen molar-refractivity contribution >= 4 is 44.1 Å². The third-order valence-electron chi connectivity index (χ3n) is 4.81. The van der Waals surface area contributed by atoms with Gasteiger partial charge in [-0.2, -0.15) is 4.98 Å². The fourth-order valence-corrected chi connectivity index (χ4v) is 3.65. The molecule has 4 aromatic rings. The normalized spacial score (nSPS) is 11.4. The number of nitrogens with two attached hydrogens (primary N) is 1. The maximum Gasteiger partial charge on any atom is 0.248 e. The van der Waals surface area contributed by atoms with Gasteiger partial charge in [0.1, 0.15) is 11.5 Å². The molecule has 1 amide bonds. The summed E-state index contributed by atoms with van der Waals surface area (Å²) in [6, 6.07) is 16.2. The van der Waals surface area contributed by atoms with Crippen molar-refractivity contribution in [2.75, 3.05) is 22.8 Å². The van der Waals surface area contributed by atoms with Crippen molar-refractivity contribution in [3.8, 4) is 0 Å². The van der Waals surface area contributed by atoms with Crippen molar-refractivity contribution < 1.29 is 13.2 Å². The number of para-hydroxylation sites is 1. The number of benzene rings is 2. The molecular weight excluding hydrogens is 428 g/mol. The predicted octanol–water partition coefficient (Wildman–Crippen LogP) is 2.74. The number of carbonyl (C=O) groups is 1. The van der Waals surface area contributed by atoms with Gasteiger partial charge in [-0.25, -0.2) is 13.4 Å². The van der Waals surface area contributed by atoms with Gasteiger partial charge in [0.05, 0.1) is 6.54 Å². The number of rotatable bonds is 8. The summed E-state index contributed by atoms with van der Waals surface area (Å²) < 4.78 is 25.0. The van der Waals surface area contributed by atoms with Crippen LogP contribution in [-0.2, 0) is 16.4 Å².